The van der Waals surface area contributed by atoms with Crippen molar-refractivity contribution in [1.29, 1.82) is 0 Å². The van der Waals surface area contributed by atoms with Crippen molar-refractivity contribution in [2.45, 2.75) is 56.9 Å². The highest BCUT2D eigenvalue weighted by Crippen LogP contribution is 2.35. The van der Waals surface area contributed by atoms with Crippen LogP contribution in [-0.4, -0.2) is 67.0 Å². The summed E-state index contributed by atoms with van der Waals surface area (Å²) in [6.07, 6.45) is 8.89. The number of hydrogen-bond donors (Lipinski definition) is 1. The van der Waals surface area contributed by atoms with E-state index in [-0.39, 0.29) is 18.0 Å². The number of carbonyl (C=O) groups is 2. The Kier molecular flexibility index (Phi) is 7.15. The maximum Gasteiger partial charge on any atom is 0.317 e. The smallest absolute Gasteiger partial charge is 0.317 e. The standard InChI is InChI=1S/C25H35N4O2/c1-2-24(30)27-17-12-20(13-18-27)22-10-4-5-11-23(22)29-16-8-9-21(19-29)26-25(31)28-14-6-3-7-15-28/h2,4-5,11,20-21H,1,3,6-9,12-19H2,(H,26,31)/t21-/m1/s1. The zero-order valence-electron chi connectivity index (χ0n) is 18.5. The van der Waals surface area contributed by atoms with Gasteiger partial charge in [-0.15, -0.1) is 0 Å². The number of rotatable bonds is 4. The number of benzene rings is 1. The fourth-order valence-corrected chi connectivity index (χ4v) is 5.24. The fourth-order valence-electron chi connectivity index (χ4n) is 5.24. The molecule has 0 spiro atoms. The molecule has 1 aromatic rings. The Labute approximate surface area is 186 Å². The lowest BCUT2D eigenvalue weighted by Crippen LogP contribution is -2.52. The van der Waals surface area contributed by atoms with E-state index in [9.17, 15) is 9.59 Å². The maximum absolute atomic E-state index is 12.7. The molecule has 167 valence electrons. The Morgan fingerprint density at radius 1 is 1.00 bits per heavy atom. The second-order valence-electron chi connectivity index (χ2n) is 9.06. The molecule has 0 bridgehead atoms. The van der Waals surface area contributed by atoms with Gasteiger partial charge < -0.3 is 20.0 Å². The van der Waals surface area contributed by atoms with Crippen LogP contribution in [-0.2, 0) is 4.79 Å². The quantitative estimate of drug-likeness (QED) is 0.754. The van der Waals surface area contributed by atoms with Gasteiger partial charge in [-0.2, -0.15) is 0 Å². The summed E-state index contributed by atoms with van der Waals surface area (Å²) in [7, 11) is 0. The molecule has 1 radical (unpaired) electrons. The number of nitrogens with one attached hydrogen (secondary N) is 1. The van der Waals surface area contributed by atoms with Crippen molar-refractivity contribution in [3.8, 4) is 0 Å². The minimum atomic E-state index is 0.0269. The van der Waals surface area contributed by atoms with Gasteiger partial charge in [-0.25, -0.2) is 4.79 Å². The van der Waals surface area contributed by atoms with Gasteiger partial charge in [-0.1, -0.05) is 18.7 Å². The minimum Gasteiger partial charge on any atom is -0.369 e. The molecule has 1 aromatic carbocycles. The molecular weight excluding hydrogens is 388 g/mol. The first-order valence-electron chi connectivity index (χ1n) is 11.9. The van der Waals surface area contributed by atoms with Gasteiger partial charge >= 0.3 is 6.03 Å². The van der Waals surface area contributed by atoms with Crippen LogP contribution >= 0.6 is 0 Å². The van der Waals surface area contributed by atoms with Crippen molar-refractivity contribution in [1.82, 2.24) is 15.1 Å². The number of nitrogens with zero attached hydrogens (tertiary/aromatic N) is 3. The van der Waals surface area contributed by atoms with E-state index in [1.165, 1.54) is 23.7 Å². The van der Waals surface area contributed by atoms with Crippen LogP contribution in [0.2, 0.25) is 0 Å². The molecule has 1 N–H and O–H groups in total. The predicted octanol–water partition coefficient (Wildman–Crippen LogP) is 3.54. The third kappa shape index (κ3) is 5.23. The first-order valence-corrected chi connectivity index (χ1v) is 11.9. The summed E-state index contributed by atoms with van der Waals surface area (Å²) >= 11 is 0. The van der Waals surface area contributed by atoms with Gasteiger partial charge in [0.15, 0.2) is 0 Å². The van der Waals surface area contributed by atoms with Crippen LogP contribution in [0.4, 0.5) is 10.5 Å². The molecule has 4 rings (SSSR count). The number of likely N-dealkylation sites (tertiary alicyclic amines) is 2. The summed E-state index contributed by atoms with van der Waals surface area (Å²) in [5.41, 5.74) is 2.50. The van der Waals surface area contributed by atoms with Gasteiger partial charge in [-0.3, -0.25) is 4.79 Å². The predicted molar refractivity (Wildman–Crippen MR) is 123 cm³/mol. The molecule has 31 heavy (non-hydrogen) atoms. The fraction of sp³-hybridized carbons (Fsp3) is 0.600. The molecule has 3 aliphatic rings. The molecule has 3 saturated heterocycles. The Hall–Kier alpha value is -2.50. The number of hydrogen-bond acceptors (Lipinski definition) is 3. The molecule has 0 aromatic heterocycles. The highest BCUT2D eigenvalue weighted by Gasteiger charge is 2.29. The zero-order valence-corrected chi connectivity index (χ0v) is 18.5. The summed E-state index contributed by atoms with van der Waals surface area (Å²) in [5, 5.41) is 3.29. The van der Waals surface area contributed by atoms with Gasteiger partial charge in [0, 0.05) is 51.0 Å². The van der Waals surface area contributed by atoms with Crippen LogP contribution in [0.1, 0.15) is 56.4 Å². The van der Waals surface area contributed by atoms with Crippen molar-refractivity contribution in [2.75, 3.05) is 44.2 Å². The summed E-state index contributed by atoms with van der Waals surface area (Å²) in [5.74, 6) is 0.437. The van der Waals surface area contributed by atoms with E-state index in [1.54, 1.807) is 0 Å². The van der Waals surface area contributed by atoms with Crippen molar-refractivity contribution >= 4 is 17.6 Å². The number of anilines is 1. The van der Waals surface area contributed by atoms with Gasteiger partial charge in [0.05, 0.1) is 0 Å². The summed E-state index contributed by atoms with van der Waals surface area (Å²) < 4.78 is 0. The van der Waals surface area contributed by atoms with Crippen LogP contribution in [0.25, 0.3) is 0 Å². The van der Waals surface area contributed by atoms with Crippen molar-refractivity contribution in [2.24, 2.45) is 0 Å². The average molecular weight is 424 g/mol. The first-order chi connectivity index (χ1) is 15.2. The molecular formula is C25H35N4O2. The number of carbonyl (C=O) groups excluding carboxylic acids is 2. The number of urea groups is 1. The molecule has 0 aliphatic carbocycles. The molecule has 0 saturated carbocycles. The van der Waals surface area contributed by atoms with Gasteiger partial charge in [0.25, 0.3) is 0 Å². The zero-order chi connectivity index (χ0) is 21.6. The maximum atomic E-state index is 12.7. The summed E-state index contributed by atoms with van der Waals surface area (Å²) in [6.45, 7) is 8.77. The van der Waals surface area contributed by atoms with Crippen molar-refractivity contribution < 1.29 is 9.59 Å². The monoisotopic (exact) mass is 423 g/mol. The van der Waals surface area contributed by atoms with E-state index in [1.807, 2.05) is 15.9 Å². The van der Waals surface area contributed by atoms with Gasteiger partial charge in [0.1, 0.15) is 0 Å². The topological polar surface area (TPSA) is 55.9 Å². The normalized spacial score (nSPS) is 22.8. The third-order valence-electron chi connectivity index (χ3n) is 6.99. The molecule has 1 atom stereocenters. The van der Waals surface area contributed by atoms with E-state index < -0.39 is 0 Å². The minimum absolute atomic E-state index is 0.0269. The molecule has 3 heterocycles. The largest absolute Gasteiger partial charge is 0.369 e. The SMILES string of the molecule is C=CC(=O)N1CCC(c2[c]cccc2N2CCC[C@@H](NC(=O)N3CCCCC3)C2)CC1. The van der Waals surface area contributed by atoms with Crippen molar-refractivity contribution in [3.63, 3.8) is 0 Å². The van der Waals surface area contributed by atoms with E-state index >= 15 is 0 Å². The second kappa shape index (κ2) is 10.2. The molecule has 3 aliphatic heterocycles. The lowest BCUT2D eigenvalue weighted by Gasteiger charge is -2.39. The van der Waals surface area contributed by atoms with Crippen LogP contribution in [0.3, 0.4) is 0 Å². The molecule has 6 heteroatoms. The van der Waals surface area contributed by atoms with Gasteiger partial charge in [-0.05, 0) is 74.6 Å². The average Bonchev–Trinajstić information content (AvgIpc) is 2.84. The first kappa shape index (κ1) is 21.7. The Morgan fingerprint density at radius 2 is 1.77 bits per heavy atom. The lowest BCUT2D eigenvalue weighted by molar-refractivity contribution is -0.127. The number of amides is 3. The Bertz CT molecular complexity index is 781. The van der Waals surface area contributed by atoms with Gasteiger partial charge in [0.2, 0.25) is 5.91 Å². The summed E-state index contributed by atoms with van der Waals surface area (Å²) in [6, 6.07) is 10.1. The molecule has 3 fully saturated rings. The van der Waals surface area contributed by atoms with Crippen LogP contribution in [0.15, 0.2) is 30.9 Å². The highest BCUT2D eigenvalue weighted by molar-refractivity contribution is 5.87. The van der Waals surface area contributed by atoms with Crippen LogP contribution in [0, 0.1) is 6.07 Å². The molecule has 0 unspecified atom stereocenters. The molecule has 6 nitrogen and oxygen atoms in total. The second-order valence-corrected chi connectivity index (χ2v) is 9.06. The number of piperidine rings is 3. The van der Waals surface area contributed by atoms with E-state index in [2.05, 4.69) is 35.0 Å². The highest BCUT2D eigenvalue weighted by atomic mass is 16.2. The summed E-state index contributed by atoms with van der Waals surface area (Å²) in [4.78, 5) is 30.9. The van der Waals surface area contributed by atoms with E-state index in [4.69, 9.17) is 0 Å². The van der Waals surface area contributed by atoms with Crippen molar-refractivity contribution in [3.05, 3.63) is 42.5 Å². The van der Waals surface area contributed by atoms with E-state index in [0.29, 0.717) is 5.92 Å². The Morgan fingerprint density at radius 3 is 2.52 bits per heavy atom. The Balaban J connectivity index is 1.39. The third-order valence-corrected chi connectivity index (χ3v) is 6.99. The van der Waals surface area contributed by atoms with Crippen LogP contribution < -0.4 is 10.2 Å². The lowest BCUT2D eigenvalue weighted by atomic mass is 9.87. The van der Waals surface area contributed by atoms with E-state index in [0.717, 1.165) is 77.8 Å². The molecule has 3 amide bonds. The van der Waals surface area contributed by atoms with Crippen LogP contribution in [0.5, 0.6) is 0 Å².